The van der Waals surface area contributed by atoms with Gasteiger partial charge in [0.15, 0.2) is 0 Å². The van der Waals surface area contributed by atoms with Gasteiger partial charge < -0.3 is 5.11 Å². The molecule has 1 aliphatic heterocycles. The van der Waals surface area contributed by atoms with Crippen LogP contribution in [0.3, 0.4) is 0 Å². The van der Waals surface area contributed by atoms with Crippen molar-refractivity contribution in [3.05, 3.63) is 35.1 Å². The van der Waals surface area contributed by atoms with Crippen molar-refractivity contribution in [1.29, 1.82) is 0 Å². The molecule has 1 saturated heterocycles. The van der Waals surface area contributed by atoms with Gasteiger partial charge in [0.25, 0.3) is 0 Å². The molecule has 2 unspecified atom stereocenters. The molecule has 1 aromatic carbocycles. The number of halogens is 1. The van der Waals surface area contributed by atoms with Crippen molar-refractivity contribution in [1.82, 2.24) is 4.90 Å². The lowest BCUT2D eigenvalue weighted by atomic mass is 9.96. The monoisotopic (exact) mass is 237 g/mol. The van der Waals surface area contributed by atoms with E-state index in [4.69, 9.17) is 0 Å². The summed E-state index contributed by atoms with van der Waals surface area (Å²) in [7, 11) is 0. The van der Waals surface area contributed by atoms with E-state index < -0.39 is 0 Å². The molecule has 0 spiro atoms. The maximum absolute atomic E-state index is 13.0. The molecule has 0 aromatic heterocycles. The van der Waals surface area contributed by atoms with E-state index in [-0.39, 0.29) is 11.9 Å². The van der Waals surface area contributed by atoms with Gasteiger partial charge in [-0.15, -0.1) is 0 Å². The first kappa shape index (κ1) is 12.5. The summed E-state index contributed by atoms with van der Waals surface area (Å²) >= 11 is 0. The second kappa shape index (κ2) is 5.15. The van der Waals surface area contributed by atoms with Gasteiger partial charge in [-0.2, -0.15) is 0 Å². The summed E-state index contributed by atoms with van der Waals surface area (Å²) in [6.07, 6.45) is 0.669. The number of rotatable bonds is 2. The van der Waals surface area contributed by atoms with E-state index in [9.17, 15) is 9.50 Å². The van der Waals surface area contributed by atoms with Crippen molar-refractivity contribution in [2.45, 2.75) is 32.9 Å². The van der Waals surface area contributed by atoms with Gasteiger partial charge in [-0.3, -0.25) is 4.90 Å². The summed E-state index contributed by atoms with van der Waals surface area (Å²) in [5.41, 5.74) is 2.18. The van der Waals surface area contributed by atoms with E-state index in [2.05, 4.69) is 11.8 Å². The van der Waals surface area contributed by atoms with Crippen molar-refractivity contribution < 1.29 is 9.50 Å². The van der Waals surface area contributed by atoms with E-state index in [0.29, 0.717) is 5.92 Å². The fraction of sp³-hybridized carbons (Fsp3) is 0.571. The van der Waals surface area contributed by atoms with Crippen LogP contribution in [-0.2, 0) is 6.54 Å². The van der Waals surface area contributed by atoms with E-state index in [1.54, 1.807) is 6.07 Å². The van der Waals surface area contributed by atoms with Crippen molar-refractivity contribution in [3.63, 3.8) is 0 Å². The highest BCUT2D eigenvalue weighted by molar-refractivity contribution is 5.26. The van der Waals surface area contributed by atoms with Crippen LogP contribution in [0.4, 0.5) is 4.39 Å². The topological polar surface area (TPSA) is 23.5 Å². The molecule has 1 aromatic rings. The first-order chi connectivity index (χ1) is 8.06. The van der Waals surface area contributed by atoms with E-state index in [1.165, 1.54) is 11.6 Å². The van der Waals surface area contributed by atoms with Crippen LogP contribution in [0.25, 0.3) is 0 Å². The standard InChI is InChI=1S/C14H20FNO/c1-10-7-13(15)4-3-12(10)9-16-6-5-14(17)11(2)8-16/h3-4,7,11,14,17H,5-6,8-9H2,1-2H3. The highest BCUT2D eigenvalue weighted by Gasteiger charge is 2.24. The molecule has 17 heavy (non-hydrogen) atoms. The normalized spacial score (nSPS) is 26.1. The van der Waals surface area contributed by atoms with Crippen LogP contribution in [0.2, 0.25) is 0 Å². The van der Waals surface area contributed by atoms with Crippen LogP contribution < -0.4 is 0 Å². The molecule has 2 rings (SSSR count). The highest BCUT2D eigenvalue weighted by atomic mass is 19.1. The SMILES string of the molecule is Cc1cc(F)ccc1CN1CCC(O)C(C)C1. The van der Waals surface area contributed by atoms with Gasteiger partial charge >= 0.3 is 0 Å². The zero-order chi connectivity index (χ0) is 12.4. The summed E-state index contributed by atoms with van der Waals surface area (Å²) < 4.78 is 13.0. The molecule has 0 amide bonds. The first-order valence-corrected chi connectivity index (χ1v) is 6.21. The van der Waals surface area contributed by atoms with E-state index in [1.807, 2.05) is 13.0 Å². The third-order valence-corrected chi connectivity index (χ3v) is 3.64. The molecule has 0 saturated carbocycles. The zero-order valence-corrected chi connectivity index (χ0v) is 10.5. The number of nitrogens with zero attached hydrogens (tertiary/aromatic N) is 1. The van der Waals surface area contributed by atoms with Crippen LogP contribution in [0.5, 0.6) is 0 Å². The lowest BCUT2D eigenvalue weighted by Gasteiger charge is -2.34. The average Bonchev–Trinajstić information content (AvgIpc) is 2.27. The second-order valence-corrected chi connectivity index (χ2v) is 5.14. The van der Waals surface area contributed by atoms with Crippen LogP contribution in [-0.4, -0.2) is 29.2 Å². The van der Waals surface area contributed by atoms with Crippen LogP contribution in [0.15, 0.2) is 18.2 Å². The van der Waals surface area contributed by atoms with Crippen LogP contribution in [0, 0.1) is 18.7 Å². The van der Waals surface area contributed by atoms with Gasteiger partial charge in [0, 0.05) is 19.6 Å². The van der Waals surface area contributed by atoms with Gasteiger partial charge in [-0.25, -0.2) is 4.39 Å². The summed E-state index contributed by atoms with van der Waals surface area (Å²) in [5.74, 6) is 0.151. The summed E-state index contributed by atoms with van der Waals surface area (Å²) in [6.45, 7) is 6.71. The van der Waals surface area contributed by atoms with Gasteiger partial charge in [0.2, 0.25) is 0 Å². The number of piperidine rings is 1. The third kappa shape index (κ3) is 3.05. The molecule has 2 atom stereocenters. The molecule has 1 fully saturated rings. The molecule has 1 heterocycles. The van der Waals surface area contributed by atoms with E-state index >= 15 is 0 Å². The van der Waals surface area contributed by atoms with Gasteiger partial charge in [0.05, 0.1) is 6.10 Å². The molecule has 3 heteroatoms. The maximum Gasteiger partial charge on any atom is 0.123 e. The number of hydrogen-bond donors (Lipinski definition) is 1. The fourth-order valence-electron chi connectivity index (χ4n) is 2.44. The fourth-order valence-corrected chi connectivity index (χ4v) is 2.44. The molecule has 1 aliphatic rings. The predicted octanol–water partition coefficient (Wildman–Crippen LogP) is 2.34. The molecule has 0 radical (unpaired) electrons. The third-order valence-electron chi connectivity index (χ3n) is 3.64. The zero-order valence-electron chi connectivity index (χ0n) is 10.5. The number of hydrogen-bond acceptors (Lipinski definition) is 2. The molecular formula is C14H20FNO. The second-order valence-electron chi connectivity index (χ2n) is 5.14. The summed E-state index contributed by atoms with van der Waals surface area (Å²) in [4.78, 5) is 2.33. The van der Waals surface area contributed by atoms with Gasteiger partial charge in [-0.1, -0.05) is 13.0 Å². The van der Waals surface area contributed by atoms with Crippen LogP contribution >= 0.6 is 0 Å². The molecule has 94 valence electrons. The van der Waals surface area contributed by atoms with Crippen molar-refractivity contribution >= 4 is 0 Å². The quantitative estimate of drug-likeness (QED) is 0.853. The Bertz CT molecular complexity index is 394. The average molecular weight is 237 g/mol. The minimum absolute atomic E-state index is 0.166. The Hall–Kier alpha value is -0.930. The molecular weight excluding hydrogens is 217 g/mol. The first-order valence-electron chi connectivity index (χ1n) is 6.21. The predicted molar refractivity (Wildman–Crippen MR) is 66.2 cm³/mol. The number of likely N-dealkylation sites (tertiary alicyclic amines) is 1. The minimum atomic E-state index is -0.173. The lowest BCUT2D eigenvalue weighted by Crippen LogP contribution is -2.41. The molecule has 0 aliphatic carbocycles. The molecule has 2 nitrogen and oxygen atoms in total. The highest BCUT2D eigenvalue weighted by Crippen LogP contribution is 2.20. The smallest absolute Gasteiger partial charge is 0.123 e. The summed E-state index contributed by atoms with van der Waals surface area (Å²) in [6, 6.07) is 4.96. The number of aliphatic hydroxyl groups excluding tert-OH is 1. The Labute approximate surface area is 102 Å². The van der Waals surface area contributed by atoms with Crippen molar-refractivity contribution in [3.8, 4) is 0 Å². The number of aryl methyl sites for hydroxylation is 1. The van der Waals surface area contributed by atoms with Gasteiger partial charge in [0.1, 0.15) is 5.82 Å². The van der Waals surface area contributed by atoms with Gasteiger partial charge in [-0.05, 0) is 42.5 Å². The molecule has 1 N–H and O–H groups in total. The number of aliphatic hydroxyl groups is 1. The lowest BCUT2D eigenvalue weighted by molar-refractivity contribution is 0.0319. The Morgan fingerprint density at radius 2 is 2.24 bits per heavy atom. The van der Waals surface area contributed by atoms with Crippen molar-refractivity contribution in [2.24, 2.45) is 5.92 Å². The summed E-state index contributed by atoms with van der Waals surface area (Å²) in [5, 5.41) is 9.68. The van der Waals surface area contributed by atoms with Crippen LogP contribution in [0.1, 0.15) is 24.5 Å². The number of benzene rings is 1. The Morgan fingerprint density at radius 3 is 2.88 bits per heavy atom. The Morgan fingerprint density at radius 1 is 1.47 bits per heavy atom. The Kier molecular flexibility index (Phi) is 3.79. The largest absolute Gasteiger partial charge is 0.393 e. The minimum Gasteiger partial charge on any atom is -0.393 e. The van der Waals surface area contributed by atoms with Crippen molar-refractivity contribution in [2.75, 3.05) is 13.1 Å². The Balaban J connectivity index is 2.01. The molecule has 0 bridgehead atoms. The van der Waals surface area contributed by atoms with E-state index in [0.717, 1.165) is 31.6 Å². The maximum atomic E-state index is 13.0.